The van der Waals surface area contributed by atoms with E-state index >= 15 is 0 Å². The first-order valence-electron chi connectivity index (χ1n) is 6.88. The van der Waals surface area contributed by atoms with Gasteiger partial charge in [-0.2, -0.15) is 0 Å². The summed E-state index contributed by atoms with van der Waals surface area (Å²) >= 11 is 0. The van der Waals surface area contributed by atoms with Crippen molar-refractivity contribution in [3.05, 3.63) is 72.8 Å². The van der Waals surface area contributed by atoms with E-state index in [0.29, 0.717) is 11.3 Å². The van der Waals surface area contributed by atoms with Gasteiger partial charge in [-0.25, -0.2) is 13.1 Å². The van der Waals surface area contributed by atoms with Crippen molar-refractivity contribution in [2.75, 3.05) is 10.1 Å². The summed E-state index contributed by atoms with van der Waals surface area (Å²) in [5.74, 6) is -0.408. The van der Waals surface area contributed by atoms with E-state index in [-0.39, 0.29) is 4.90 Å². The molecule has 0 bridgehead atoms. The fourth-order valence-corrected chi connectivity index (χ4v) is 3.00. The number of aromatic nitrogens is 3. The lowest BCUT2D eigenvalue weighted by molar-refractivity contribution is 0.101. The number of nitrogens with one attached hydrogen (secondary N) is 2. The molecule has 3 rings (SSSR count). The highest BCUT2D eigenvalue weighted by Crippen LogP contribution is 2.16. The summed E-state index contributed by atoms with van der Waals surface area (Å²) in [6.07, 6.45) is 2.67. The maximum atomic E-state index is 12.3. The van der Waals surface area contributed by atoms with Crippen LogP contribution < -0.4 is 10.1 Å². The third-order valence-electron chi connectivity index (χ3n) is 3.10. The number of hydrogen-bond acceptors (Lipinski definition) is 5. The average Bonchev–Trinajstić information content (AvgIpc) is 3.08. The fourth-order valence-electron chi connectivity index (χ4n) is 1.95. The van der Waals surface area contributed by atoms with Gasteiger partial charge >= 0.3 is 0 Å². The summed E-state index contributed by atoms with van der Waals surface area (Å²) in [5.41, 5.74) is 3.30. The minimum Gasteiger partial charge on any atom is -0.280 e. The van der Waals surface area contributed by atoms with Crippen LogP contribution >= 0.6 is 0 Å². The minimum atomic E-state index is -3.71. The van der Waals surface area contributed by atoms with Crippen LogP contribution in [0, 0.1) is 0 Å². The predicted molar refractivity (Wildman–Crippen MR) is 87.4 cm³/mol. The number of sulfonamides is 1. The minimum absolute atomic E-state index is 0.0622. The van der Waals surface area contributed by atoms with Crippen molar-refractivity contribution in [3.8, 4) is 0 Å². The Labute approximate surface area is 138 Å². The van der Waals surface area contributed by atoms with Crippen LogP contribution in [0.3, 0.4) is 0 Å². The highest BCUT2D eigenvalue weighted by atomic mass is 32.2. The molecule has 24 heavy (non-hydrogen) atoms. The Hall–Kier alpha value is -3.20. The van der Waals surface area contributed by atoms with Gasteiger partial charge in [-0.1, -0.05) is 18.2 Å². The topological polar surface area (TPSA) is 106 Å². The Morgan fingerprint density at radius 2 is 1.54 bits per heavy atom. The van der Waals surface area contributed by atoms with Crippen LogP contribution in [0.2, 0.25) is 0 Å². The van der Waals surface area contributed by atoms with E-state index in [2.05, 4.69) is 20.3 Å². The van der Waals surface area contributed by atoms with Crippen molar-refractivity contribution < 1.29 is 13.2 Å². The smallest absolute Gasteiger partial charge is 0.270 e. The van der Waals surface area contributed by atoms with Gasteiger partial charge in [0.05, 0.1) is 4.90 Å². The van der Waals surface area contributed by atoms with Crippen LogP contribution in [0.4, 0.5) is 5.69 Å². The van der Waals surface area contributed by atoms with Gasteiger partial charge in [-0.05, 0) is 36.4 Å². The number of carbonyl (C=O) groups is 1. The molecule has 0 saturated carbocycles. The quantitative estimate of drug-likeness (QED) is 0.729. The van der Waals surface area contributed by atoms with Gasteiger partial charge in [0.25, 0.3) is 15.9 Å². The molecule has 2 N–H and O–H groups in total. The van der Waals surface area contributed by atoms with Gasteiger partial charge in [-0.3, -0.25) is 14.9 Å². The molecule has 0 aliphatic heterocycles. The maximum Gasteiger partial charge on any atom is 0.270 e. The van der Waals surface area contributed by atoms with E-state index in [4.69, 9.17) is 0 Å². The molecule has 3 aromatic rings. The summed E-state index contributed by atoms with van der Waals surface area (Å²) < 4.78 is 28.4. The van der Waals surface area contributed by atoms with Gasteiger partial charge in [0, 0.05) is 11.3 Å². The molecule has 8 nitrogen and oxygen atoms in total. The standard InChI is InChI=1S/C15H13N5O3S/c21-15(18-20-10-16-17-11-20)12-6-8-14(9-7-12)24(22,23)19-13-4-2-1-3-5-13/h1-11,19H,(H,18,21). The van der Waals surface area contributed by atoms with Gasteiger partial charge in [0.15, 0.2) is 0 Å². The van der Waals surface area contributed by atoms with Crippen LogP contribution in [0.1, 0.15) is 10.4 Å². The number of hydrogen-bond donors (Lipinski definition) is 2. The van der Waals surface area contributed by atoms with E-state index in [1.54, 1.807) is 30.3 Å². The van der Waals surface area contributed by atoms with Gasteiger partial charge in [-0.15, -0.1) is 10.2 Å². The van der Waals surface area contributed by atoms with E-state index < -0.39 is 15.9 Å². The molecule has 0 radical (unpaired) electrons. The van der Waals surface area contributed by atoms with Crippen molar-refractivity contribution >= 4 is 21.6 Å². The molecular formula is C15H13N5O3S. The summed E-state index contributed by atoms with van der Waals surface area (Å²) in [6.45, 7) is 0. The SMILES string of the molecule is O=C(Nn1cnnc1)c1ccc(S(=O)(=O)Nc2ccccc2)cc1. The number of nitrogens with zero attached hydrogens (tertiary/aromatic N) is 3. The molecule has 0 atom stereocenters. The van der Waals surface area contributed by atoms with Crippen molar-refractivity contribution in [2.45, 2.75) is 4.90 Å². The molecule has 2 aromatic carbocycles. The molecule has 0 saturated heterocycles. The van der Waals surface area contributed by atoms with Crippen LogP contribution in [0.15, 0.2) is 72.1 Å². The van der Waals surface area contributed by atoms with Crippen LogP contribution in [-0.4, -0.2) is 29.2 Å². The molecule has 0 aliphatic carbocycles. The van der Waals surface area contributed by atoms with Crippen molar-refractivity contribution in [1.82, 2.24) is 14.9 Å². The number of benzene rings is 2. The zero-order chi connectivity index (χ0) is 17.0. The number of amides is 1. The summed E-state index contributed by atoms with van der Waals surface area (Å²) in [5, 5.41) is 7.13. The molecule has 9 heteroatoms. The molecule has 0 aliphatic rings. The number of anilines is 1. The van der Waals surface area contributed by atoms with Crippen LogP contribution in [0.5, 0.6) is 0 Å². The van der Waals surface area contributed by atoms with Crippen LogP contribution in [-0.2, 0) is 10.0 Å². The Bertz CT molecular complexity index is 923. The number of carbonyl (C=O) groups excluding carboxylic acids is 1. The second kappa shape index (κ2) is 6.50. The lowest BCUT2D eigenvalue weighted by atomic mass is 10.2. The van der Waals surface area contributed by atoms with E-state index in [1.165, 1.54) is 41.6 Å². The molecular weight excluding hydrogens is 330 g/mol. The molecule has 1 amide bonds. The predicted octanol–water partition coefficient (Wildman–Crippen LogP) is 1.46. The molecule has 0 spiro atoms. The van der Waals surface area contributed by atoms with Crippen molar-refractivity contribution in [1.29, 1.82) is 0 Å². The molecule has 1 aromatic heterocycles. The first-order chi connectivity index (χ1) is 11.5. The second-order valence-corrected chi connectivity index (χ2v) is 6.49. The Balaban J connectivity index is 1.75. The Kier molecular flexibility index (Phi) is 4.25. The normalized spacial score (nSPS) is 11.0. The summed E-state index contributed by atoms with van der Waals surface area (Å²) in [4.78, 5) is 12.1. The molecule has 122 valence electrons. The van der Waals surface area contributed by atoms with Gasteiger partial charge < -0.3 is 0 Å². The van der Waals surface area contributed by atoms with Crippen molar-refractivity contribution in [2.24, 2.45) is 0 Å². The molecule has 0 unspecified atom stereocenters. The highest BCUT2D eigenvalue weighted by molar-refractivity contribution is 7.92. The Morgan fingerprint density at radius 1 is 0.917 bits per heavy atom. The first-order valence-corrected chi connectivity index (χ1v) is 8.37. The third-order valence-corrected chi connectivity index (χ3v) is 4.50. The summed E-state index contributed by atoms with van der Waals surface area (Å²) in [7, 11) is -3.71. The van der Waals surface area contributed by atoms with Crippen molar-refractivity contribution in [3.63, 3.8) is 0 Å². The monoisotopic (exact) mass is 343 g/mol. The summed E-state index contributed by atoms with van der Waals surface area (Å²) in [6, 6.07) is 14.2. The largest absolute Gasteiger partial charge is 0.280 e. The zero-order valence-corrected chi connectivity index (χ0v) is 13.1. The van der Waals surface area contributed by atoms with E-state index in [1.807, 2.05) is 0 Å². The maximum absolute atomic E-state index is 12.3. The van der Waals surface area contributed by atoms with Gasteiger partial charge in [0.2, 0.25) is 0 Å². The fraction of sp³-hybridized carbons (Fsp3) is 0. The Morgan fingerprint density at radius 3 is 2.17 bits per heavy atom. The van der Waals surface area contributed by atoms with E-state index in [0.717, 1.165) is 0 Å². The third kappa shape index (κ3) is 3.58. The van der Waals surface area contributed by atoms with E-state index in [9.17, 15) is 13.2 Å². The number of para-hydroxylation sites is 1. The first kappa shape index (κ1) is 15.7. The number of rotatable bonds is 5. The lowest BCUT2D eigenvalue weighted by Gasteiger charge is -2.09. The highest BCUT2D eigenvalue weighted by Gasteiger charge is 2.15. The van der Waals surface area contributed by atoms with Crippen LogP contribution in [0.25, 0.3) is 0 Å². The molecule has 0 fully saturated rings. The zero-order valence-electron chi connectivity index (χ0n) is 12.3. The lowest BCUT2D eigenvalue weighted by Crippen LogP contribution is -2.21. The average molecular weight is 343 g/mol. The second-order valence-electron chi connectivity index (χ2n) is 4.81. The van der Waals surface area contributed by atoms with Gasteiger partial charge in [0.1, 0.15) is 12.7 Å². The molecule has 1 heterocycles.